The predicted octanol–water partition coefficient (Wildman–Crippen LogP) is -0.125. The van der Waals surface area contributed by atoms with Crippen molar-refractivity contribution in [3.63, 3.8) is 0 Å². The molecule has 1 atom stereocenters. The van der Waals surface area contributed by atoms with Crippen molar-refractivity contribution in [1.82, 2.24) is 15.5 Å². The molecule has 1 aliphatic heterocycles. The van der Waals surface area contributed by atoms with E-state index in [0.29, 0.717) is 26.1 Å². The van der Waals surface area contributed by atoms with Gasteiger partial charge in [-0.15, -0.1) is 0 Å². The highest BCUT2D eigenvalue weighted by atomic mass is 16.6. The second-order valence-corrected chi connectivity index (χ2v) is 6.06. The number of hydrogen-bond acceptors (Lipinski definition) is 6. The summed E-state index contributed by atoms with van der Waals surface area (Å²) in [7, 11) is 1.30. The van der Waals surface area contributed by atoms with Crippen molar-refractivity contribution in [2.45, 2.75) is 38.8 Å². The first kappa shape index (κ1) is 18.2. The molecule has 8 heteroatoms. The Morgan fingerprint density at radius 3 is 2.64 bits per heavy atom. The van der Waals surface area contributed by atoms with Crippen LogP contribution in [0.15, 0.2) is 0 Å². The van der Waals surface area contributed by atoms with Gasteiger partial charge in [0.15, 0.2) is 0 Å². The standard InChI is InChI=1S/C14H25N3O5/c1-14(2,3)22-13(20)16-9-10(12(19)21-4)17-7-5-11(18)15-6-8-17/h10H,5-9H2,1-4H3,(H,15,18)(H,16,20). The summed E-state index contributed by atoms with van der Waals surface area (Å²) >= 11 is 0. The van der Waals surface area contributed by atoms with Gasteiger partial charge >= 0.3 is 12.1 Å². The van der Waals surface area contributed by atoms with E-state index in [1.54, 1.807) is 20.8 Å². The maximum absolute atomic E-state index is 11.9. The minimum absolute atomic E-state index is 0.0498. The molecule has 0 bridgehead atoms. The molecule has 1 aliphatic rings. The second kappa shape index (κ2) is 7.98. The maximum atomic E-state index is 11.9. The van der Waals surface area contributed by atoms with Crippen molar-refractivity contribution in [2.24, 2.45) is 0 Å². The Labute approximate surface area is 130 Å². The van der Waals surface area contributed by atoms with Crippen LogP contribution in [-0.2, 0) is 19.1 Å². The lowest BCUT2D eigenvalue weighted by Gasteiger charge is -2.28. The van der Waals surface area contributed by atoms with Gasteiger partial charge in [0.25, 0.3) is 0 Å². The van der Waals surface area contributed by atoms with E-state index in [1.807, 2.05) is 4.90 Å². The smallest absolute Gasteiger partial charge is 0.407 e. The van der Waals surface area contributed by atoms with Crippen molar-refractivity contribution >= 4 is 18.0 Å². The number of carbonyl (C=O) groups is 3. The van der Waals surface area contributed by atoms with Gasteiger partial charge in [-0.25, -0.2) is 4.79 Å². The number of nitrogens with zero attached hydrogens (tertiary/aromatic N) is 1. The molecule has 8 nitrogen and oxygen atoms in total. The first-order valence-electron chi connectivity index (χ1n) is 7.28. The first-order chi connectivity index (χ1) is 10.2. The van der Waals surface area contributed by atoms with E-state index in [1.165, 1.54) is 7.11 Å². The zero-order valence-electron chi connectivity index (χ0n) is 13.6. The molecule has 0 aromatic heterocycles. The molecule has 2 N–H and O–H groups in total. The number of nitrogens with one attached hydrogen (secondary N) is 2. The Bertz CT molecular complexity index is 419. The molecule has 1 saturated heterocycles. The first-order valence-corrected chi connectivity index (χ1v) is 7.28. The summed E-state index contributed by atoms with van der Waals surface area (Å²) in [6, 6.07) is -0.648. The summed E-state index contributed by atoms with van der Waals surface area (Å²) < 4.78 is 9.93. The van der Waals surface area contributed by atoms with Crippen molar-refractivity contribution in [3.05, 3.63) is 0 Å². The van der Waals surface area contributed by atoms with E-state index >= 15 is 0 Å². The molecule has 1 fully saturated rings. The van der Waals surface area contributed by atoms with Crippen LogP contribution in [0, 0.1) is 0 Å². The number of carbonyl (C=O) groups excluding carboxylic acids is 3. The van der Waals surface area contributed by atoms with E-state index in [2.05, 4.69) is 10.6 Å². The highest BCUT2D eigenvalue weighted by molar-refractivity contribution is 5.78. The maximum Gasteiger partial charge on any atom is 0.407 e. The Kier molecular flexibility index (Phi) is 6.61. The molecule has 22 heavy (non-hydrogen) atoms. The van der Waals surface area contributed by atoms with E-state index in [9.17, 15) is 14.4 Å². The van der Waals surface area contributed by atoms with Gasteiger partial charge in [0.2, 0.25) is 5.91 Å². The van der Waals surface area contributed by atoms with Gasteiger partial charge in [0.05, 0.1) is 7.11 Å². The van der Waals surface area contributed by atoms with Crippen molar-refractivity contribution in [2.75, 3.05) is 33.3 Å². The number of amides is 2. The average molecular weight is 315 g/mol. The highest BCUT2D eigenvalue weighted by Crippen LogP contribution is 2.08. The molecule has 2 amide bonds. The van der Waals surface area contributed by atoms with Gasteiger partial charge in [-0.1, -0.05) is 0 Å². The average Bonchev–Trinajstić information content (AvgIpc) is 2.62. The molecule has 0 aliphatic carbocycles. The molecular weight excluding hydrogens is 290 g/mol. The summed E-state index contributed by atoms with van der Waals surface area (Å²) in [5, 5.41) is 5.31. The van der Waals surface area contributed by atoms with Gasteiger partial charge in [-0.3, -0.25) is 14.5 Å². The van der Waals surface area contributed by atoms with Crippen molar-refractivity contribution in [1.29, 1.82) is 0 Å². The van der Waals surface area contributed by atoms with Crippen LogP contribution in [-0.4, -0.2) is 67.8 Å². The zero-order chi connectivity index (χ0) is 16.8. The Morgan fingerprint density at radius 2 is 2.05 bits per heavy atom. The molecule has 1 rings (SSSR count). The molecule has 1 unspecified atom stereocenters. The lowest BCUT2D eigenvalue weighted by atomic mass is 10.2. The van der Waals surface area contributed by atoms with E-state index < -0.39 is 23.7 Å². The van der Waals surface area contributed by atoms with Crippen LogP contribution in [0.2, 0.25) is 0 Å². The lowest BCUT2D eigenvalue weighted by molar-refractivity contribution is -0.146. The van der Waals surface area contributed by atoms with Crippen LogP contribution in [0.4, 0.5) is 4.79 Å². The van der Waals surface area contributed by atoms with Gasteiger partial charge in [-0.05, 0) is 20.8 Å². The highest BCUT2D eigenvalue weighted by Gasteiger charge is 2.29. The van der Waals surface area contributed by atoms with E-state index in [0.717, 1.165) is 0 Å². The van der Waals surface area contributed by atoms with Gasteiger partial charge in [0.1, 0.15) is 11.6 Å². The number of hydrogen-bond donors (Lipinski definition) is 2. The lowest BCUT2D eigenvalue weighted by Crippen LogP contribution is -2.50. The van der Waals surface area contributed by atoms with Crippen LogP contribution < -0.4 is 10.6 Å². The largest absolute Gasteiger partial charge is 0.468 e. The third kappa shape index (κ3) is 6.30. The number of rotatable bonds is 4. The molecule has 0 aromatic rings. The number of methoxy groups -OCH3 is 1. The van der Waals surface area contributed by atoms with Crippen molar-refractivity contribution in [3.8, 4) is 0 Å². The van der Waals surface area contributed by atoms with Crippen LogP contribution in [0.25, 0.3) is 0 Å². The van der Waals surface area contributed by atoms with Gasteiger partial charge in [-0.2, -0.15) is 0 Å². The molecule has 0 aromatic carbocycles. The number of ether oxygens (including phenoxy) is 2. The summed E-state index contributed by atoms with van der Waals surface area (Å²) in [6.45, 7) is 6.75. The Hall–Kier alpha value is -1.83. The van der Waals surface area contributed by atoms with Crippen LogP contribution in [0.3, 0.4) is 0 Å². The third-order valence-corrected chi connectivity index (χ3v) is 3.10. The molecular formula is C14H25N3O5. The SMILES string of the molecule is COC(=O)C(CNC(=O)OC(C)(C)C)N1CCNC(=O)CC1. The minimum atomic E-state index is -0.648. The molecule has 0 saturated carbocycles. The van der Waals surface area contributed by atoms with Gasteiger partial charge < -0.3 is 20.1 Å². The fraction of sp³-hybridized carbons (Fsp3) is 0.786. The predicted molar refractivity (Wildman–Crippen MR) is 79.2 cm³/mol. The topological polar surface area (TPSA) is 97.0 Å². The quantitative estimate of drug-likeness (QED) is 0.702. The molecule has 0 radical (unpaired) electrons. The number of esters is 1. The van der Waals surface area contributed by atoms with Crippen LogP contribution >= 0.6 is 0 Å². The second-order valence-electron chi connectivity index (χ2n) is 6.06. The molecule has 126 valence electrons. The monoisotopic (exact) mass is 315 g/mol. The van der Waals surface area contributed by atoms with E-state index in [4.69, 9.17) is 9.47 Å². The fourth-order valence-electron chi connectivity index (χ4n) is 2.09. The summed E-state index contributed by atoms with van der Waals surface area (Å²) in [5.41, 5.74) is -0.607. The van der Waals surface area contributed by atoms with Gasteiger partial charge in [0, 0.05) is 32.6 Å². The zero-order valence-corrected chi connectivity index (χ0v) is 13.6. The summed E-state index contributed by atoms with van der Waals surface area (Å²) in [5.74, 6) is -0.503. The Balaban J connectivity index is 2.63. The molecule has 1 heterocycles. The fourth-order valence-corrected chi connectivity index (χ4v) is 2.09. The molecule has 0 spiro atoms. The van der Waals surface area contributed by atoms with Crippen LogP contribution in [0.5, 0.6) is 0 Å². The summed E-state index contributed by atoms with van der Waals surface area (Å²) in [6.07, 6.45) is -0.287. The normalized spacial score (nSPS) is 17.9. The van der Waals surface area contributed by atoms with Crippen LogP contribution in [0.1, 0.15) is 27.2 Å². The minimum Gasteiger partial charge on any atom is -0.468 e. The third-order valence-electron chi connectivity index (χ3n) is 3.10. The van der Waals surface area contributed by atoms with Crippen molar-refractivity contribution < 1.29 is 23.9 Å². The Morgan fingerprint density at radius 1 is 1.36 bits per heavy atom. The summed E-state index contributed by atoms with van der Waals surface area (Å²) in [4.78, 5) is 36.8. The number of alkyl carbamates (subject to hydrolysis) is 1. The van der Waals surface area contributed by atoms with E-state index in [-0.39, 0.29) is 12.5 Å².